The van der Waals surface area contributed by atoms with E-state index in [2.05, 4.69) is 5.10 Å². The lowest BCUT2D eigenvalue weighted by Gasteiger charge is -2.14. The number of nitrogens with zero attached hydrogens (tertiary/aromatic N) is 2. The molecule has 2 rings (SSSR count). The van der Waals surface area contributed by atoms with Crippen molar-refractivity contribution >= 4 is 11.6 Å². The second-order valence-corrected chi connectivity index (χ2v) is 4.82. The van der Waals surface area contributed by atoms with Gasteiger partial charge in [-0.1, -0.05) is 30.7 Å². The molecule has 1 N–H and O–H groups in total. The predicted octanol–water partition coefficient (Wildman–Crippen LogP) is 3.36. The van der Waals surface area contributed by atoms with Crippen LogP contribution in [0.15, 0.2) is 30.5 Å². The molecule has 0 radical (unpaired) electrons. The Bertz CT molecular complexity index is 556. The molecule has 0 spiro atoms. The monoisotopic (exact) mass is 282 g/mol. The zero-order chi connectivity index (χ0) is 13.8. The first-order valence-electron chi connectivity index (χ1n) is 6.26. The van der Waals surface area contributed by atoms with Crippen LogP contribution in [-0.4, -0.2) is 14.9 Å². The lowest BCUT2D eigenvalue weighted by atomic mass is 10.1. The van der Waals surface area contributed by atoms with Gasteiger partial charge < -0.3 is 5.11 Å². The first-order valence-corrected chi connectivity index (χ1v) is 6.64. The van der Waals surface area contributed by atoms with Crippen LogP contribution in [0.5, 0.6) is 0 Å². The van der Waals surface area contributed by atoms with E-state index in [1.807, 2.05) is 6.92 Å². The van der Waals surface area contributed by atoms with E-state index in [0.29, 0.717) is 11.3 Å². The molecule has 0 fully saturated rings. The van der Waals surface area contributed by atoms with Gasteiger partial charge in [-0.2, -0.15) is 5.10 Å². The number of benzene rings is 1. The van der Waals surface area contributed by atoms with Crippen LogP contribution < -0.4 is 0 Å². The summed E-state index contributed by atoms with van der Waals surface area (Å²) >= 11 is 5.73. The molecular formula is C14H16ClFN2O. The van der Waals surface area contributed by atoms with Crippen molar-refractivity contribution in [2.45, 2.75) is 32.4 Å². The van der Waals surface area contributed by atoms with Crippen molar-refractivity contribution < 1.29 is 9.50 Å². The summed E-state index contributed by atoms with van der Waals surface area (Å²) in [6.07, 6.45) is 1.96. The van der Waals surface area contributed by atoms with Gasteiger partial charge in [-0.25, -0.2) is 4.39 Å². The molecule has 1 heterocycles. The highest BCUT2D eigenvalue weighted by Gasteiger charge is 2.16. The van der Waals surface area contributed by atoms with Gasteiger partial charge in [0.2, 0.25) is 0 Å². The van der Waals surface area contributed by atoms with E-state index < -0.39 is 11.9 Å². The Labute approximate surface area is 116 Å². The van der Waals surface area contributed by atoms with E-state index in [0.717, 1.165) is 13.0 Å². The van der Waals surface area contributed by atoms with E-state index in [4.69, 9.17) is 11.6 Å². The van der Waals surface area contributed by atoms with Crippen molar-refractivity contribution in [1.29, 1.82) is 0 Å². The summed E-state index contributed by atoms with van der Waals surface area (Å²) in [6, 6.07) is 6.55. The van der Waals surface area contributed by atoms with E-state index >= 15 is 0 Å². The Morgan fingerprint density at radius 1 is 1.42 bits per heavy atom. The fourth-order valence-corrected chi connectivity index (χ4v) is 2.24. The summed E-state index contributed by atoms with van der Waals surface area (Å²) in [7, 11) is 0. The number of rotatable bonds is 5. The molecule has 3 nitrogen and oxygen atoms in total. The van der Waals surface area contributed by atoms with Gasteiger partial charge in [-0.3, -0.25) is 4.68 Å². The number of aliphatic hydroxyl groups excluding tert-OH is 1. The van der Waals surface area contributed by atoms with E-state index in [1.54, 1.807) is 29.1 Å². The maximum atomic E-state index is 13.8. The Morgan fingerprint density at radius 3 is 2.95 bits per heavy atom. The van der Waals surface area contributed by atoms with Gasteiger partial charge in [0.1, 0.15) is 5.82 Å². The first-order chi connectivity index (χ1) is 9.13. The quantitative estimate of drug-likeness (QED) is 0.913. The molecule has 0 aliphatic rings. The van der Waals surface area contributed by atoms with Crippen LogP contribution in [0.4, 0.5) is 4.39 Å². The number of aromatic nitrogens is 2. The van der Waals surface area contributed by atoms with Gasteiger partial charge in [-0.05, 0) is 24.1 Å². The third kappa shape index (κ3) is 3.14. The normalized spacial score (nSPS) is 12.6. The summed E-state index contributed by atoms with van der Waals surface area (Å²) < 4.78 is 15.5. The molecule has 102 valence electrons. The molecule has 5 heteroatoms. The van der Waals surface area contributed by atoms with E-state index in [9.17, 15) is 9.50 Å². The largest absolute Gasteiger partial charge is 0.386 e. The Balaban J connectivity index is 2.18. The molecule has 0 bridgehead atoms. The smallest absolute Gasteiger partial charge is 0.145 e. The lowest BCUT2D eigenvalue weighted by Crippen LogP contribution is -2.11. The van der Waals surface area contributed by atoms with Crippen molar-refractivity contribution in [2.75, 3.05) is 0 Å². The number of hydrogen-bond donors (Lipinski definition) is 1. The van der Waals surface area contributed by atoms with Gasteiger partial charge >= 0.3 is 0 Å². The van der Waals surface area contributed by atoms with Gasteiger partial charge in [0.05, 0.1) is 16.8 Å². The second-order valence-electron chi connectivity index (χ2n) is 4.41. The summed E-state index contributed by atoms with van der Waals surface area (Å²) in [6.45, 7) is 2.77. The average Bonchev–Trinajstić information content (AvgIpc) is 2.84. The Hall–Kier alpha value is -1.39. The minimum absolute atomic E-state index is 0.0757. The highest BCUT2D eigenvalue weighted by Crippen LogP contribution is 2.23. The molecule has 0 aliphatic heterocycles. The van der Waals surface area contributed by atoms with E-state index in [-0.39, 0.29) is 11.4 Å². The molecule has 1 aromatic carbocycles. The highest BCUT2D eigenvalue weighted by atomic mass is 35.5. The lowest BCUT2D eigenvalue weighted by molar-refractivity contribution is 0.165. The molecule has 0 aliphatic carbocycles. The average molecular weight is 283 g/mol. The zero-order valence-electron chi connectivity index (χ0n) is 10.7. The topological polar surface area (TPSA) is 38.0 Å². The molecule has 19 heavy (non-hydrogen) atoms. The zero-order valence-corrected chi connectivity index (χ0v) is 11.4. The number of halogens is 2. The molecule has 0 saturated heterocycles. The van der Waals surface area contributed by atoms with Gasteiger partial charge in [-0.15, -0.1) is 0 Å². The Kier molecular flexibility index (Phi) is 4.56. The van der Waals surface area contributed by atoms with Crippen LogP contribution in [0, 0.1) is 5.82 Å². The third-order valence-corrected chi connectivity index (χ3v) is 3.26. The molecule has 1 aromatic heterocycles. The number of aliphatic hydroxyl groups is 1. The molecule has 0 amide bonds. The molecule has 1 atom stereocenters. The maximum absolute atomic E-state index is 13.8. The fourth-order valence-electron chi connectivity index (χ4n) is 2.04. The van der Waals surface area contributed by atoms with Crippen molar-refractivity contribution in [3.05, 3.63) is 52.6 Å². The summed E-state index contributed by atoms with van der Waals surface area (Å²) in [5, 5.41) is 14.4. The standard InChI is InChI=1S/C14H16ClFN2O/c1-2-8-18-12(6-7-17-18)13(19)9-10-4-3-5-11(15)14(10)16/h3-7,13,19H,2,8-9H2,1H3. The Morgan fingerprint density at radius 2 is 2.21 bits per heavy atom. The van der Waals surface area contributed by atoms with Gasteiger partial charge in [0.15, 0.2) is 0 Å². The molecule has 1 unspecified atom stereocenters. The minimum atomic E-state index is -0.790. The van der Waals surface area contributed by atoms with Gasteiger partial charge in [0.25, 0.3) is 0 Å². The van der Waals surface area contributed by atoms with Crippen LogP contribution in [0.1, 0.15) is 30.7 Å². The van der Waals surface area contributed by atoms with Crippen LogP contribution in [0.2, 0.25) is 5.02 Å². The van der Waals surface area contributed by atoms with Crippen LogP contribution >= 0.6 is 11.6 Å². The van der Waals surface area contributed by atoms with E-state index in [1.165, 1.54) is 6.07 Å². The summed E-state index contributed by atoms with van der Waals surface area (Å²) in [4.78, 5) is 0. The highest BCUT2D eigenvalue weighted by molar-refractivity contribution is 6.30. The van der Waals surface area contributed by atoms with Gasteiger partial charge in [0, 0.05) is 19.2 Å². The predicted molar refractivity (Wildman–Crippen MR) is 72.6 cm³/mol. The molecule has 0 saturated carbocycles. The van der Waals surface area contributed by atoms with Crippen molar-refractivity contribution in [3.63, 3.8) is 0 Å². The fraction of sp³-hybridized carbons (Fsp3) is 0.357. The van der Waals surface area contributed by atoms with Crippen molar-refractivity contribution in [3.8, 4) is 0 Å². The second kappa shape index (κ2) is 6.17. The third-order valence-electron chi connectivity index (χ3n) is 2.97. The van der Waals surface area contributed by atoms with Crippen molar-refractivity contribution in [2.24, 2.45) is 0 Å². The maximum Gasteiger partial charge on any atom is 0.145 e. The summed E-state index contributed by atoms with van der Waals surface area (Å²) in [5.74, 6) is -0.468. The first kappa shape index (κ1) is 14.0. The van der Waals surface area contributed by atoms with Crippen molar-refractivity contribution in [1.82, 2.24) is 9.78 Å². The molecule has 2 aromatic rings. The SMILES string of the molecule is CCCn1nccc1C(O)Cc1cccc(Cl)c1F. The van der Waals surface area contributed by atoms with Crippen LogP contribution in [0.3, 0.4) is 0 Å². The minimum Gasteiger partial charge on any atom is -0.386 e. The van der Waals surface area contributed by atoms with Crippen LogP contribution in [0.25, 0.3) is 0 Å². The van der Waals surface area contributed by atoms with Crippen LogP contribution in [-0.2, 0) is 13.0 Å². The summed E-state index contributed by atoms with van der Waals surface area (Å²) in [5.41, 5.74) is 1.10. The molecular weight excluding hydrogens is 267 g/mol. The number of hydrogen-bond acceptors (Lipinski definition) is 2. The number of aryl methyl sites for hydroxylation is 1.